The Morgan fingerprint density at radius 3 is 2.80 bits per heavy atom. The molecule has 0 fully saturated rings. The summed E-state index contributed by atoms with van der Waals surface area (Å²) in [5.41, 5.74) is 1.16. The summed E-state index contributed by atoms with van der Waals surface area (Å²) >= 11 is 0. The summed E-state index contributed by atoms with van der Waals surface area (Å²) in [6.07, 6.45) is 0.670. The molecule has 4 heteroatoms. The Labute approximate surface area is 119 Å². The summed E-state index contributed by atoms with van der Waals surface area (Å²) < 4.78 is 0. The Balaban J connectivity index is 2.99. The molecular weight excluding hydrogens is 252 g/mol. The minimum atomic E-state index is -0.151. The van der Waals surface area contributed by atoms with Crippen LogP contribution in [0.15, 0.2) is 24.3 Å². The molecule has 0 radical (unpaired) electrons. The van der Waals surface area contributed by atoms with Crippen LogP contribution in [0.4, 0.5) is 0 Å². The molecule has 1 unspecified atom stereocenters. The lowest BCUT2D eigenvalue weighted by atomic mass is 10.1. The van der Waals surface area contributed by atoms with Crippen molar-refractivity contribution in [2.45, 2.75) is 25.8 Å². The predicted molar refractivity (Wildman–Crippen MR) is 76.8 cm³/mol. The molecule has 0 saturated carbocycles. The van der Waals surface area contributed by atoms with Gasteiger partial charge in [0.25, 0.3) is 5.91 Å². The number of hydrogen-bond acceptors (Lipinski definition) is 3. The molecular formula is C16H18N2O2. The average Bonchev–Trinajstić information content (AvgIpc) is 2.47. The van der Waals surface area contributed by atoms with Crippen LogP contribution in [0.25, 0.3) is 0 Å². The predicted octanol–water partition coefficient (Wildman–Crippen LogP) is 1.79. The number of aliphatic hydroxyl groups excluding tert-OH is 1. The van der Waals surface area contributed by atoms with Crippen LogP contribution in [-0.4, -0.2) is 35.6 Å². The molecule has 0 aliphatic carbocycles. The first-order chi connectivity index (χ1) is 9.61. The number of amides is 1. The molecule has 0 aromatic heterocycles. The summed E-state index contributed by atoms with van der Waals surface area (Å²) in [5.74, 6) is 5.56. The van der Waals surface area contributed by atoms with E-state index in [9.17, 15) is 4.79 Å². The van der Waals surface area contributed by atoms with Crippen LogP contribution in [0.5, 0.6) is 0 Å². The number of nitriles is 1. The number of carbonyl (C=O) groups is 1. The van der Waals surface area contributed by atoms with E-state index in [2.05, 4.69) is 17.9 Å². The van der Waals surface area contributed by atoms with Gasteiger partial charge in [0.05, 0.1) is 24.7 Å². The van der Waals surface area contributed by atoms with E-state index in [1.54, 1.807) is 30.1 Å². The van der Waals surface area contributed by atoms with Crippen LogP contribution >= 0.6 is 0 Å². The molecule has 1 aromatic carbocycles. The van der Waals surface area contributed by atoms with Gasteiger partial charge in [-0.3, -0.25) is 4.79 Å². The SMILES string of the molecule is CC(CC#N)N(C)C(=O)c1ccccc1C#CCCO. The second-order valence-electron chi connectivity index (χ2n) is 4.45. The maximum absolute atomic E-state index is 12.4. The van der Waals surface area contributed by atoms with Crippen molar-refractivity contribution in [3.05, 3.63) is 35.4 Å². The smallest absolute Gasteiger partial charge is 0.255 e. The van der Waals surface area contributed by atoms with E-state index in [-0.39, 0.29) is 18.6 Å². The third kappa shape index (κ3) is 4.12. The molecule has 1 aromatic rings. The van der Waals surface area contributed by atoms with Crippen molar-refractivity contribution >= 4 is 5.91 Å². The van der Waals surface area contributed by atoms with Gasteiger partial charge in [0.2, 0.25) is 0 Å². The minimum absolute atomic E-state index is 0.00220. The lowest BCUT2D eigenvalue weighted by Gasteiger charge is -2.23. The van der Waals surface area contributed by atoms with E-state index >= 15 is 0 Å². The van der Waals surface area contributed by atoms with Crippen LogP contribution in [0.2, 0.25) is 0 Å². The normalized spacial score (nSPS) is 10.9. The van der Waals surface area contributed by atoms with Gasteiger partial charge in [-0.2, -0.15) is 5.26 Å². The number of rotatable bonds is 4. The first kappa shape index (κ1) is 15.8. The van der Waals surface area contributed by atoms with E-state index in [4.69, 9.17) is 10.4 Å². The second-order valence-corrected chi connectivity index (χ2v) is 4.45. The van der Waals surface area contributed by atoms with Gasteiger partial charge in [-0.1, -0.05) is 24.0 Å². The zero-order chi connectivity index (χ0) is 15.0. The highest BCUT2D eigenvalue weighted by atomic mass is 16.2. The van der Waals surface area contributed by atoms with Crippen molar-refractivity contribution in [3.8, 4) is 17.9 Å². The lowest BCUT2D eigenvalue weighted by Crippen LogP contribution is -2.35. The summed E-state index contributed by atoms with van der Waals surface area (Å²) in [6.45, 7) is 1.84. The zero-order valence-corrected chi connectivity index (χ0v) is 11.8. The van der Waals surface area contributed by atoms with Crippen LogP contribution in [0.3, 0.4) is 0 Å². The molecule has 1 atom stereocenters. The lowest BCUT2D eigenvalue weighted by molar-refractivity contribution is 0.0746. The van der Waals surface area contributed by atoms with Crippen molar-refractivity contribution in [2.75, 3.05) is 13.7 Å². The monoisotopic (exact) mass is 270 g/mol. The topological polar surface area (TPSA) is 64.3 Å². The molecule has 1 amide bonds. The van der Waals surface area contributed by atoms with Crippen LogP contribution in [0, 0.1) is 23.2 Å². The molecule has 1 N–H and O–H groups in total. The highest BCUT2D eigenvalue weighted by Gasteiger charge is 2.19. The first-order valence-corrected chi connectivity index (χ1v) is 6.44. The molecule has 0 spiro atoms. The number of benzene rings is 1. The number of nitrogens with zero attached hydrogens (tertiary/aromatic N) is 2. The van der Waals surface area contributed by atoms with E-state index in [1.165, 1.54) is 0 Å². The second kappa shape index (κ2) is 7.99. The van der Waals surface area contributed by atoms with Gasteiger partial charge in [-0.25, -0.2) is 0 Å². The largest absolute Gasteiger partial charge is 0.395 e. The van der Waals surface area contributed by atoms with E-state index < -0.39 is 0 Å². The maximum Gasteiger partial charge on any atom is 0.255 e. The molecule has 0 aliphatic rings. The molecule has 104 valence electrons. The summed E-state index contributed by atoms with van der Waals surface area (Å²) in [6, 6.07) is 9.02. The molecule has 0 aliphatic heterocycles. The summed E-state index contributed by atoms with van der Waals surface area (Å²) in [5, 5.41) is 17.4. The quantitative estimate of drug-likeness (QED) is 0.848. The molecule has 0 heterocycles. The third-order valence-electron chi connectivity index (χ3n) is 2.99. The van der Waals surface area contributed by atoms with Gasteiger partial charge in [0.1, 0.15) is 0 Å². The zero-order valence-electron chi connectivity index (χ0n) is 11.8. The van der Waals surface area contributed by atoms with Crippen LogP contribution in [0.1, 0.15) is 35.7 Å². The summed E-state index contributed by atoms with van der Waals surface area (Å²) in [7, 11) is 1.68. The fourth-order valence-electron chi connectivity index (χ4n) is 1.65. The summed E-state index contributed by atoms with van der Waals surface area (Å²) in [4.78, 5) is 14.0. The Morgan fingerprint density at radius 2 is 2.15 bits per heavy atom. The average molecular weight is 270 g/mol. The van der Waals surface area contributed by atoms with Crippen molar-refractivity contribution in [1.29, 1.82) is 5.26 Å². The van der Waals surface area contributed by atoms with Gasteiger partial charge in [0, 0.05) is 25.1 Å². The Kier molecular flexibility index (Phi) is 6.29. The standard InChI is InChI=1S/C16H18N2O2/c1-13(10-11-17)18(2)16(20)15-9-4-3-7-14(15)8-5-6-12-19/h3-4,7,9,13,19H,6,10,12H2,1-2H3. The fourth-order valence-corrected chi connectivity index (χ4v) is 1.65. The fraction of sp³-hybridized carbons (Fsp3) is 0.375. The third-order valence-corrected chi connectivity index (χ3v) is 2.99. The maximum atomic E-state index is 12.4. The van der Waals surface area contributed by atoms with E-state index in [0.717, 1.165) is 0 Å². The van der Waals surface area contributed by atoms with Gasteiger partial charge in [-0.15, -0.1) is 0 Å². The van der Waals surface area contributed by atoms with Crippen molar-refractivity contribution < 1.29 is 9.90 Å². The van der Waals surface area contributed by atoms with Gasteiger partial charge in [-0.05, 0) is 19.1 Å². The molecule has 4 nitrogen and oxygen atoms in total. The van der Waals surface area contributed by atoms with E-state index in [0.29, 0.717) is 24.0 Å². The van der Waals surface area contributed by atoms with Gasteiger partial charge in [0.15, 0.2) is 0 Å². The Hall–Kier alpha value is -2.30. The first-order valence-electron chi connectivity index (χ1n) is 6.44. The van der Waals surface area contributed by atoms with Crippen molar-refractivity contribution in [1.82, 2.24) is 4.90 Å². The Bertz CT molecular complexity index is 564. The van der Waals surface area contributed by atoms with Crippen molar-refractivity contribution in [2.24, 2.45) is 0 Å². The highest BCUT2D eigenvalue weighted by molar-refractivity contribution is 5.96. The molecule has 20 heavy (non-hydrogen) atoms. The number of hydrogen-bond donors (Lipinski definition) is 1. The van der Waals surface area contributed by atoms with Crippen LogP contribution < -0.4 is 0 Å². The molecule has 0 bridgehead atoms. The molecule has 0 saturated heterocycles. The van der Waals surface area contributed by atoms with Gasteiger partial charge >= 0.3 is 0 Å². The number of carbonyl (C=O) groups excluding carboxylic acids is 1. The van der Waals surface area contributed by atoms with Crippen molar-refractivity contribution in [3.63, 3.8) is 0 Å². The number of aliphatic hydroxyl groups is 1. The Morgan fingerprint density at radius 1 is 1.45 bits per heavy atom. The highest BCUT2D eigenvalue weighted by Crippen LogP contribution is 2.13. The van der Waals surface area contributed by atoms with E-state index in [1.807, 2.05) is 13.0 Å². The molecule has 1 rings (SSSR count). The van der Waals surface area contributed by atoms with Crippen LogP contribution in [-0.2, 0) is 0 Å². The minimum Gasteiger partial charge on any atom is -0.395 e. The van der Waals surface area contributed by atoms with Gasteiger partial charge < -0.3 is 10.0 Å².